The third-order valence-corrected chi connectivity index (χ3v) is 4.75. The normalized spacial score (nSPS) is 10.5. The van der Waals surface area contributed by atoms with E-state index in [4.69, 9.17) is 15.9 Å². The molecule has 0 spiro atoms. The fourth-order valence-corrected chi connectivity index (χ4v) is 3.20. The van der Waals surface area contributed by atoms with E-state index >= 15 is 0 Å². The summed E-state index contributed by atoms with van der Waals surface area (Å²) >= 11 is 0. The summed E-state index contributed by atoms with van der Waals surface area (Å²) in [4.78, 5) is 24.3. The van der Waals surface area contributed by atoms with Gasteiger partial charge in [-0.2, -0.15) is 0 Å². The van der Waals surface area contributed by atoms with E-state index in [1.54, 1.807) is 19.3 Å². The third-order valence-electron chi connectivity index (χ3n) is 4.75. The van der Waals surface area contributed by atoms with Crippen molar-refractivity contribution in [3.05, 3.63) is 64.7 Å². The summed E-state index contributed by atoms with van der Waals surface area (Å²) < 4.78 is 11.1. The number of aryl methyl sites for hydroxylation is 1. The highest BCUT2D eigenvalue weighted by Gasteiger charge is 2.17. The highest BCUT2D eigenvalue weighted by molar-refractivity contribution is 5.98. The first-order chi connectivity index (χ1) is 15.0. The summed E-state index contributed by atoms with van der Waals surface area (Å²) in [6.07, 6.45) is 10.3. The van der Waals surface area contributed by atoms with E-state index in [-0.39, 0.29) is 11.7 Å². The van der Waals surface area contributed by atoms with Crippen molar-refractivity contribution in [3.8, 4) is 23.8 Å². The molecule has 0 aliphatic rings. The molecule has 0 aromatic heterocycles. The van der Waals surface area contributed by atoms with E-state index in [1.165, 1.54) is 6.92 Å². The Kier molecular flexibility index (Phi) is 9.38. The van der Waals surface area contributed by atoms with Crippen molar-refractivity contribution in [1.29, 1.82) is 0 Å². The SMILES string of the molecule is C#CC=Cc1ccc(CCC(=O)c2cc(OCC)c(OC)cc2CCNC(C)=O)cc1. The zero-order chi connectivity index (χ0) is 22.6. The molecule has 1 N–H and O–H groups in total. The van der Waals surface area contributed by atoms with Gasteiger partial charge >= 0.3 is 0 Å². The molecule has 2 aromatic rings. The summed E-state index contributed by atoms with van der Waals surface area (Å²) in [6, 6.07) is 11.5. The van der Waals surface area contributed by atoms with Crippen molar-refractivity contribution >= 4 is 17.8 Å². The number of amides is 1. The number of rotatable bonds is 11. The Morgan fingerprint density at radius 2 is 1.87 bits per heavy atom. The maximum absolute atomic E-state index is 13.1. The van der Waals surface area contributed by atoms with Gasteiger partial charge < -0.3 is 14.8 Å². The molecule has 0 aliphatic heterocycles. The molecule has 0 aliphatic carbocycles. The van der Waals surface area contributed by atoms with Crippen LogP contribution in [0.3, 0.4) is 0 Å². The number of allylic oxidation sites excluding steroid dienone is 1. The number of ether oxygens (including phenoxy) is 2. The van der Waals surface area contributed by atoms with Crippen molar-refractivity contribution in [2.24, 2.45) is 0 Å². The van der Waals surface area contributed by atoms with Crippen LogP contribution in [0.25, 0.3) is 6.08 Å². The molecule has 0 heterocycles. The molecule has 0 atom stereocenters. The lowest BCUT2D eigenvalue weighted by Gasteiger charge is -2.15. The molecule has 0 saturated carbocycles. The average molecular weight is 420 g/mol. The van der Waals surface area contributed by atoms with Gasteiger partial charge in [-0.15, -0.1) is 6.42 Å². The summed E-state index contributed by atoms with van der Waals surface area (Å²) in [6.45, 7) is 4.27. The number of carbonyl (C=O) groups is 2. The minimum atomic E-state index is -0.105. The molecule has 5 nitrogen and oxygen atoms in total. The minimum Gasteiger partial charge on any atom is -0.493 e. The minimum absolute atomic E-state index is 0.0257. The molecule has 0 fully saturated rings. The number of hydrogen-bond acceptors (Lipinski definition) is 4. The fraction of sp³-hybridized carbons (Fsp3) is 0.308. The number of methoxy groups -OCH3 is 1. The van der Waals surface area contributed by atoms with Gasteiger partial charge in [0.2, 0.25) is 5.91 Å². The van der Waals surface area contributed by atoms with Crippen LogP contribution in [0.15, 0.2) is 42.5 Å². The molecule has 1 amide bonds. The quantitative estimate of drug-likeness (QED) is 0.437. The van der Waals surface area contributed by atoms with Crippen LogP contribution in [-0.2, 0) is 17.6 Å². The topological polar surface area (TPSA) is 64.6 Å². The fourth-order valence-electron chi connectivity index (χ4n) is 3.20. The van der Waals surface area contributed by atoms with Crippen LogP contribution in [0.4, 0.5) is 0 Å². The Bertz CT molecular complexity index is 968. The second-order valence-electron chi connectivity index (χ2n) is 6.99. The van der Waals surface area contributed by atoms with Gasteiger partial charge in [-0.05, 0) is 60.7 Å². The zero-order valence-corrected chi connectivity index (χ0v) is 18.4. The zero-order valence-electron chi connectivity index (χ0n) is 18.4. The van der Waals surface area contributed by atoms with Crippen molar-refractivity contribution < 1.29 is 19.1 Å². The Balaban J connectivity index is 2.19. The van der Waals surface area contributed by atoms with Crippen LogP contribution in [0.1, 0.15) is 47.3 Å². The molecular weight excluding hydrogens is 390 g/mol. The molecule has 0 radical (unpaired) electrons. The lowest BCUT2D eigenvalue weighted by Crippen LogP contribution is -2.23. The molecule has 31 heavy (non-hydrogen) atoms. The van der Waals surface area contributed by atoms with Crippen molar-refractivity contribution in [3.63, 3.8) is 0 Å². The maximum Gasteiger partial charge on any atom is 0.216 e. The lowest BCUT2D eigenvalue weighted by molar-refractivity contribution is -0.118. The number of terminal acetylenes is 1. The highest BCUT2D eigenvalue weighted by Crippen LogP contribution is 2.32. The standard InChI is InChI=1S/C26H29NO4/c1-5-7-8-20-9-11-21(12-10-20)13-14-24(29)23-18-26(31-6-2)25(30-4)17-22(23)15-16-27-19(3)28/h1,7-12,17-18H,6,13-16H2,2-4H3,(H,27,28). The van der Waals surface area contributed by atoms with Gasteiger partial charge in [0, 0.05) is 25.5 Å². The number of benzene rings is 2. The summed E-state index contributed by atoms with van der Waals surface area (Å²) in [5.41, 5.74) is 3.52. The van der Waals surface area contributed by atoms with Crippen LogP contribution in [0.5, 0.6) is 11.5 Å². The summed E-state index contributed by atoms with van der Waals surface area (Å²) in [7, 11) is 1.57. The van der Waals surface area contributed by atoms with Gasteiger partial charge in [0.05, 0.1) is 13.7 Å². The molecular formula is C26H29NO4. The molecule has 0 bridgehead atoms. The third kappa shape index (κ3) is 7.35. The first-order valence-electron chi connectivity index (χ1n) is 10.3. The average Bonchev–Trinajstić information content (AvgIpc) is 2.77. The Labute approximate surface area is 184 Å². The maximum atomic E-state index is 13.1. The molecule has 2 aromatic carbocycles. The molecule has 0 unspecified atom stereocenters. The van der Waals surface area contributed by atoms with Gasteiger partial charge in [-0.25, -0.2) is 0 Å². The summed E-state index contributed by atoms with van der Waals surface area (Å²) in [5.74, 6) is 3.51. The Morgan fingerprint density at radius 3 is 2.48 bits per heavy atom. The number of Topliss-reactive ketones (excluding diaryl/α,β-unsaturated/α-hetero) is 1. The van der Waals surface area contributed by atoms with E-state index in [1.807, 2.05) is 43.3 Å². The largest absolute Gasteiger partial charge is 0.493 e. The first kappa shape index (κ1) is 23.8. The predicted molar refractivity (Wildman–Crippen MR) is 124 cm³/mol. The predicted octanol–water partition coefficient (Wildman–Crippen LogP) is 4.23. The summed E-state index contributed by atoms with van der Waals surface area (Å²) in [5, 5.41) is 2.77. The monoisotopic (exact) mass is 419 g/mol. The van der Waals surface area contributed by atoms with Crippen molar-refractivity contribution in [2.75, 3.05) is 20.3 Å². The van der Waals surface area contributed by atoms with Crippen LogP contribution >= 0.6 is 0 Å². The van der Waals surface area contributed by atoms with Gasteiger partial charge in [-0.3, -0.25) is 9.59 Å². The number of hydrogen-bond donors (Lipinski definition) is 1. The smallest absolute Gasteiger partial charge is 0.216 e. The lowest BCUT2D eigenvalue weighted by atomic mass is 9.95. The van der Waals surface area contributed by atoms with Crippen molar-refractivity contribution in [2.45, 2.75) is 33.1 Å². The van der Waals surface area contributed by atoms with E-state index in [0.717, 1.165) is 16.7 Å². The number of carbonyl (C=O) groups excluding carboxylic acids is 2. The second-order valence-corrected chi connectivity index (χ2v) is 6.99. The van der Waals surface area contributed by atoms with Crippen LogP contribution in [0.2, 0.25) is 0 Å². The van der Waals surface area contributed by atoms with Gasteiger partial charge in [0.1, 0.15) is 0 Å². The first-order valence-corrected chi connectivity index (χ1v) is 10.3. The Hall–Kier alpha value is -3.52. The number of nitrogens with one attached hydrogen (secondary N) is 1. The van der Waals surface area contributed by atoms with E-state index in [0.29, 0.717) is 49.5 Å². The van der Waals surface area contributed by atoms with Crippen LogP contribution in [0, 0.1) is 12.3 Å². The van der Waals surface area contributed by atoms with Crippen LogP contribution < -0.4 is 14.8 Å². The van der Waals surface area contributed by atoms with E-state index < -0.39 is 0 Å². The van der Waals surface area contributed by atoms with Gasteiger partial charge in [0.15, 0.2) is 17.3 Å². The van der Waals surface area contributed by atoms with Crippen LogP contribution in [-0.4, -0.2) is 32.0 Å². The highest BCUT2D eigenvalue weighted by atomic mass is 16.5. The number of ketones is 1. The second kappa shape index (κ2) is 12.2. The van der Waals surface area contributed by atoms with E-state index in [9.17, 15) is 9.59 Å². The Morgan fingerprint density at radius 1 is 1.13 bits per heavy atom. The van der Waals surface area contributed by atoms with Gasteiger partial charge in [0.25, 0.3) is 0 Å². The van der Waals surface area contributed by atoms with Crippen molar-refractivity contribution in [1.82, 2.24) is 5.32 Å². The van der Waals surface area contributed by atoms with Gasteiger partial charge in [-0.1, -0.05) is 30.2 Å². The molecule has 0 saturated heterocycles. The molecule has 2 rings (SSSR count). The van der Waals surface area contributed by atoms with E-state index in [2.05, 4.69) is 11.2 Å². The molecule has 5 heteroatoms. The molecule has 162 valence electrons.